The smallest absolute Gasteiger partial charge is 0.269 e. The Morgan fingerprint density at radius 2 is 1.97 bits per heavy atom. The molecular weight excluding hydrogens is 390 g/mol. The van der Waals surface area contributed by atoms with Gasteiger partial charge in [0.2, 0.25) is 5.91 Å². The lowest BCUT2D eigenvalue weighted by atomic mass is 10.0. The Bertz CT molecular complexity index is 1080. The van der Waals surface area contributed by atoms with E-state index in [0.29, 0.717) is 24.4 Å². The van der Waals surface area contributed by atoms with Crippen molar-refractivity contribution in [2.45, 2.75) is 31.8 Å². The van der Waals surface area contributed by atoms with Gasteiger partial charge in [-0.1, -0.05) is 42.5 Å². The van der Waals surface area contributed by atoms with Gasteiger partial charge in [-0.3, -0.25) is 14.6 Å². The summed E-state index contributed by atoms with van der Waals surface area (Å²) in [6.45, 7) is 1.32. The molecule has 0 bridgehead atoms. The summed E-state index contributed by atoms with van der Waals surface area (Å²) < 4.78 is 6.07. The van der Waals surface area contributed by atoms with E-state index in [1.165, 1.54) is 16.3 Å². The maximum Gasteiger partial charge on any atom is 0.269 e. The van der Waals surface area contributed by atoms with Gasteiger partial charge in [0.05, 0.1) is 6.54 Å². The van der Waals surface area contributed by atoms with Crippen molar-refractivity contribution in [2.24, 2.45) is 0 Å². The first kappa shape index (κ1) is 20.8. The number of rotatable bonds is 6. The maximum absolute atomic E-state index is 12.8. The fraction of sp³-hybridized carbons (Fsp3) is 0.320. The summed E-state index contributed by atoms with van der Waals surface area (Å²) in [6.07, 6.45) is 4.48. The van der Waals surface area contributed by atoms with Crippen LogP contribution in [-0.2, 0) is 11.2 Å². The Labute approximate surface area is 182 Å². The highest BCUT2D eigenvalue weighted by atomic mass is 16.5. The van der Waals surface area contributed by atoms with Crippen molar-refractivity contribution < 1.29 is 14.3 Å². The number of aryl methyl sites for hydroxylation is 1. The second kappa shape index (κ2) is 9.60. The summed E-state index contributed by atoms with van der Waals surface area (Å²) in [5.41, 5.74) is 1.49. The Kier molecular flexibility index (Phi) is 6.46. The van der Waals surface area contributed by atoms with Gasteiger partial charge in [0.15, 0.2) is 0 Å². The van der Waals surface area contributed by atoms with Crippen LogP contribution in [0.25, 0.3) is 10.8 Å². The number of likely N-dealkylation sites (tertiary alicyclic amines) is 1. The van der Waals surface area contributed by atoms with Crippen LogP contribution in [0.4, 0.5) is 0 Å². The molecule has 1 atom stereocenters. The number of carbonyl (C=O) groups is 2. The molecule has 0 saturated carbocycles. The third-order valence-electron chi connectivity index (χ3n) is 5.67. The summed E-state index contributed by atoms with van der Waals surface area (Å²) in [6, 6.07) is 18.0. The second-order valence-corrected chi connectivity index (χ2v) is 7.86. The lowest BCUT2D eigenvalue weighted by molar-refractivity contribution is -0.133. The van der Waals surface area contributed by atoms with Crippen molar-refractivity contribution in [3.05, 3.63) is 72.1 Å². The average Bonchev–Trinajstić information content (AvgIpc) is 2.82. The first-order valence-electron chi connectivity index (χ1n) is 10.7. The van der Waals surface area contributed by atoms with Crippen LogP contribution in [0.1, 0.15) is 35.3 Å². The molecule has 6 nitrogen and oxygen atoms in total. The quantitative estimate of drug-likeness (QED) is 0.665. The summed E-state index contributed by atoms with van der Waals surface area (Å²) in [5, 5.41) is 4.98. The molecule has 160 valence electrons. The van der Waals surface area contributed by atoms with E-state index in [-0.39, 0.29) is 17.9 Å². The van der Waals surface area contributed by atoms with Crippen LogP contribution in [0.5, 0.6) is 5.75 Å². The highest BCUT2D eigenvalue weighted by Gasteiger charge is 2.25. The van der Waals surface area contributed by atoms with Crippen LogP contribution in [0, 0.1) is 0 Å². The zero-order valence-corrected chi connectivity index (χ0v) is 17.7. The largest absolute Gasteiger partial charge is 0.488 e. The number of hydrogen-bond acceptors (Lipinski definition) is 4. The molecule has 0 radical (unpaired) electrons. The lowest BCUT2D eigenvalue weighted by Crippen LogP contribution is -2.44. The van der Waals surface area contributed by atoms with Gasteiger partial charge in [0.25, 0.3) is 5.91 Å². The van der Waals surface area contributed by atoms with Crippen LogP contribution in [0.15, 0.2) is 60.8 Å². The van der Waals surface area contributed by atoms with Gasteiger partial charge in [0, 0.05) is 32.3 Å². The SMILES string of the molecule is CNC(=O)c1cc(O[C@H]2CCCN(C(=O)CCc3ccc4ccccc4c3)C2)ccn1. The molecule has 31 heavy (non-hydrogen) atoms. The van der Waals surface area contributed by atoms with Crippen LogP contribution in [0.2, 0.25) is 0 Å². The topological polar surface area (TPSA) is 71.5 Å². The molecular formula is C25H27N3O3. The fourth-order valence-corrected chi connectivity index (χ4v) is 3.99. The number of pyridine rings is 1. The molecule has 0 aliphatic carbocycles. The van der Waals surface area contributed by atoms with E-state index in [0.717, 1.165) is 25.8 Å². The van der Waals surface area contributed by atoms with Gasteiger partial charge in [-0.15, -0.1) is 0 Å². The van der Waals surface area contributed by atoms with Crippen molar-refractivity contribution in [2.75, 3.05) is 20.1 Å². The number of amides is 2. The number of fused-ring (bicyclic) bond motifs is 1. The molecule has 1 saturated heterocycles. The van der Waals surface area contributed by atoms with Gasteiger partial charge >= 0.3 is 0 Å². The van der Waals surface area contributed by atoms with Gasteiger partial charge in [-0.25, -0.2) is 0 Å². The summed E-state index contributed by atoms with van der Waals surface area (Å²) in [4.78, 5) is 30.6. The van der Waals surface area contributed by atoms with E-state index in [1.54, 1.807) is 25.4 Å². The van der Waals surface area contributed by atoms with Crippen molar-refractivity contribution in [3.63, 3.8) is 0 Å². The van der Waals surface area contributed by atoms with E-state index < -0.39 is 0 Å². The minimum absolute atomic E-state index is 0.0849. The van der Waals surface area contributed by atoms with E-state index in [2.05, 4.69) is 40.6 Å². The summed E-state index contributed by atoms with van der Waals surface area (Å²) >= 11 is 0. The molecule has 0 unspecified atom stereocenters. The normalized spacial score (nSPS) is 16.2. The van der Waals surface area contributed by atoms with Crippen LogP contribution >= 0.6 is 0 Å². The van der Waals surface area contributed by atoms with E-state index >= 15 is 0 Å². The standard InChI is InChI=1S/C25H27N3O3/c1-26-25(30)23-16-21(12-13-27-23)31-22-7-4-14-28(17-22)24(29)11-9-18-8-10-19-5-2-3-6-20(19)15-18/h2-3,5-6,8,10,12-13,15-16,22H,4,7,9,11,14,17H2,1H3,(H,26,30)/t22-/m0/s1. The van der Waals surface area contributed by atoms with Gasteiger partial charge in [-0.05, 0) is 41.7 Å². The molecule has 1 aromatic heterocycles. The average molecular weight is 418 g/mol. The number of ether oxygens (including phenoxy) is 1. The Morgan fingerprint density at radius 1 is 1.13 bits per heavy atom. The van der Waals surface area contributed by atoms with Gasteiger partial charge in [-0.2, -0.15) is 0 Å². The molecule has 3 aromatic rings. The number of piperidine rings is 1. The van der Waals surface area contributed by atoms with E-state index in [4.69, 9.17) is 4.74 Å². The molecule has 2 heterocycles. The highest BCUT2D eigenvalue weighted by Crippen LogP contribution is 2.21. The van der Waals surface area contributed by atoms with Crippen molar-refractivity contribution >= 4 is 22.6 Å². The zero-order chi connectivity index (χ0) is 21.6. The fourth-order valence-electron chi connectivity index (χ4n) is 3.99. The Hall–Kier alpha value is -3.41. The minimum Gasteiger partial charge on any atom is -0.488 e. The lowest BCUT2D eigenvalue weighted by Gasteiger charge is -2.33. The van der Waals surface area contributed by atoms with Crippen molar-refractivity contribution in [1.82, 2.24) is 15.2 Å². The van der Waals surface area contributed by atoms with E-state index in [1.807, 2.05) is 17.0 Å². The summed E-state index contributed by atoms with van der Waals surface area (Å²) in [7, 11) is 1.57. The van der Waals surface area contributed by atoms with Crippen molar-refractivity contribution in [3.8, 4) is 5.75 Å². The molecule has 2 amide bonds. The van der Waals surface area contributed by atoms with Crippen LogP contribution in [0.3, 0.4) is 0 Å². The van der Waals surface area contributed by atoms with E-state index in [9.17, 15) is 9.59 Å². The number of hydrogen-bond donors (Lipinski definition) is 1. The zero-order valence-electron chi connectivity index (χ0n) is 17.7. The number of carbonyl (C=O) groups excluding carboxylic acids is 2. The van der Waals surface area contributed by atoms with Crippen LogP contribution < -0.4 is 10.1 Å². The highest BCUT2D eigenvalue weighted by molar-refractivity contribution is 5.92. The number of benzene rings is 2. The third kappa shape index (κ3) is 5.20. The molecule has 1 N–H and O–H groups in total. The monoisotopic (exact) mass is 417 g/mol. The first-order valence-corrected chi connectivity index (χ1v) is 10.7. The second-order valence-electron chi connectivity index (χ2n) is 7.86. The minimum atomic E-state index is -0.250. The molecule has 1 aliphatic heterocycles. The number of nitrogens with one attached hydrogen (secondary N) is 1. The molecule has 6 heteroatoms. The molecule has 4 rings (SSSR count). The predicted molar refractivity (Wildman–Crippen MR) is 120 cm³/mol. The predicted octanol–water partition coefficient (Wildman–Crippen LogP) is 3.60. The maximum atomic E-state index is 12.8. The van der Waals surface area contributed by atoms with Gasteiger partial charge in [0.1, 0.15) is 17.5 Å². The molecule has 2 aromatic carbocycles. The van der Waals surface area contributed by atoms with Crippen LogP contribution in [-0.4, -0.2) is 47.9 Å². The molecule has 1 fully saturated rings. The Morgan fingerprint density at radius 3 is 2.81 bits per heavy atom. The van der Waals surface area contributed by atoms with Gasteiger partial charge < -0.3 is 15.0 Å². The first-order chi connectivity index (χ1) is 15.1. The van der Waals surface area contributed by atoms with Crippen molar-refractivity contribution in [1.29, 1.82) is 0 Å². The number of aromatic nitrogens is 1. The molecule has 1 aliphatic rings. The Balaban J connectivity index is 1.33. The number of nitrogens with zero attached hydrogens (tertiary/aromatic N) is 2. The third-order valence-corrected chi connectivity index (χ3v) is 5.67. The molecule has 0 spiro atoms. The summed E-state index contributed by atoms with van der Waals surface area (Å²) in [5.74, 6) is 0.505.